The summed E-state index contributed by atoms with van der Waals surface area (Å²) in [5, 5.41) is 4.50. The molecule has 2 aromatic carbocycles. The Hall–Kier alpha value is -3.52. The van der Waals surface area contributed by atoms with Crippen molar-refractivity contribution in [1.82, 2.24) is 14.5 Å². The Morgan fingerprint density at radius 1 is 0.970 bits per heavy atom. The number of pyridine rings is 1. The number of fused-ring (bicyclic) bond motifs is 3. The lowest BCUT2D eigenvalue weighted by Crippen LogP contribution is -2.17. The number of rotatable bonds is 4. The molecule has 0 saturated heterocycles. The first-order chi connectivity index (χ1) is 15.9. The molecule has 1 aliphatic rings. The van der Waals surface area contributed by atoms with E-state index >= 15 is 0 Å². The minimum absolute atomic E-state index is 0.0682. The first-order valence-electron chi connectivity index (χ1n) is 10.7. The summed E-state index contributed by atoms with van der Waals surface area (Å²) in [4.78, 5) is 12.7. The maximum absolute atomic E-state index is 12.7. The van der Waals surface area contributed by atoms with Crippen LogP contribution in [0.3, 0.4) is 0 Å². The van der Waals surface area contributed by atoms with Crippen molar-refractivity contribution in [3.8, 4) is 11.4 Å². The van der Waals surface area contributed by atoms with Crippen LogP contribution in [0.25, 0.3) is 16.6 Å². The molecule has 0 amide bonds. The van der Waals surface area contributed by atoms with Crippen LogP contribution in [0.4, 0.5) is 13.2 Å². The van der Waals surface area contributed by atoms with E-state index < -0.39 is 11.7 Å². The highest BCUT2D eigenvalue weighted by Gasteiger charge is 2.29. The predicted octanol–water partition coefficient (Wildman–Crippen LogP) is 4.54. The zero-order valence-corrected chi connectivity index (χ0v) is 17.7. The van der Waals surface area contributed by atoms with Crippen molar-refractivity contribution >= 4 is 10.9 Å². The smallest absolute Gasteiger partial charge is 0.416 e. The van der Waals surface area contributed by atoms with E-state index in [0.717, 1.165) is 54.8 Å². The van der Waals surface area contributed by atoms with E-state index in [2.05, 4.69) is 16.0 Å². The van der Waals surface area contributed by atoms with Gasteiger partial charge in [0.2, 0.25) is 0 Å². The molecule has 2 aromatic heterocycles. The van der Waals surface area contributed by atoms with E-state index in [0.29, 0.717) is 11.3 Å². The second-order valence-corrected chi connectivity index (χ2v) is 8.08. The second-order valence-electron chi connectivity index (χ2n) is 8.08. The Morgan fingerprint density at radius 3 is 2.55 bits per heavy atom. The van der Waals surface area contributed by atoms with Gasteiger partial charge in [0.1, 0.15) is 12.4 Å². The number of hydrogen-bond acceptors (Lipinski definition) is 3. The van der Waals surface area contributed by atoms with Gasteiger partial charge >= 0.3 is 6.18 Å². The molecule has 3 heterocycles. The van der Waals surface area contributed by atoms with Crippen LogP contribution in [0, 0.1) is 0 Å². The zero-order chi connectivity index (χ0) is 23.0. The zero-order valence-electron chi connectivity index (χ0n) is 17.7. The van der Waals surface area contributed by atoms with Gasteiger partial charge in [0.25, 0.3) is 5.56 Å². The van der Waals surface area contributed by atoms with Crippen molar-refractivity contribution in [1.29, 1.82) is 0 Å². The quantitative estimate of drug-likeness (QED) is 0.494. The van der Waals surface area contributed by atoms with Gasteiger partial charge in [0.05, 0.1) is 5.56 Å². The number of alkyl halides is 3. The summed E-state index contributed by atoms with van der Waals surface area (Å²) >= 11 is 0. The molecule has 1 aliphatic heterocycles. The van der Waals surface area contributed by atoms with E-state index in [1.54, 1.807) is 16.8 Å². The third-order valence-electron chi connectivity index (χ3n) is 5.90. The Bertz CT molecular complexity index is 1350. The summed E-state index contributed by atoms with van der Waals surface area (Å²) in [6, 6.07) is 16.0. The third kappa shape index (κ3) is 4.39. The van der Waals surface area contributed by atoms with Crippen LogP contribution in [0.2, 0.25) is 0 Å². The topological polar surface area (TPSA) is 48.2 Å². The lowest BCUT2D eigenvalue weighted by molar-refractivity contribution is -0.137. The first kappa shape index (κ1) is 21.3. The monoisotopic (exact) mass is 453 g/mol. The second kappa shape index (κ2) is 8.44. The number of halogens is 3. The van der Waals surface area contributed by atoms with E-state index in [9.17, 15) is 18.0 Å². The Labute approximate surface area is 188 Å². The fourth-order valence-electron chi connectivity index (χ4n) is 4.19. The molecule has 1 N–H and O–H groups in total. The van der Waals surface area contributed by atoms with Crippen LogP contribution in [-0.4, -0.2) is 22.2 Å². The molecule has 33 heavy (non-hydrogen) atoms. The fraction of sp³-hybridized carbons (Fsp3) is 0.240. The summed E-state index contributed by atoms with van der Waals surface area (Å²) < 4.78 is 47.5. The van der Waals surface area contributed by atoms with Gasteiger partial charge in [-0.3, -0.25) is 9.36 Å². The standard InChI is InChI=1S/C25H22F3N3O2/c26-25(27,28)19-3-1-17(2-4-19)16-33-22-8-11-31(24(32)15-22)20-5-6-23-18(13-20)14-21-7-9-29-10-12-30(21)23/h1-6,8,11,13-15,29H,7,9-10,12,16H2. The maximum Gasteiger partial charge on any atom is 0.416 e. The van der Waals surface area contributed by atoms with Gasteiger partial charge in [-0.15, -0.1) is 0 Å². The van der Waals surface area contributed by atoms with Crippen molar-refractivity contribution in [2.24, 2.45) is 0 Å². The molecule has 4 aromatic rings. The molecular weight excluding hydrogens is 431 g/mol. The van der Waals surface area contributed by atoms with Crippen molar-refractivity contribution < 1.29 is 17.9 Å². The molecule has 0 atom stereocenters. The van der Waals surface area contributed by atoms with Gasteiger partial charge in [-0.2, -0.15) is 13.2 Å². The Morgan fingerprint density at radius 2 is 1.79 bits per heavy atom. The van der Waals surface area contributed by atoms with Gasteiger partial charge in [-0.05, 0) is 48.0 Å². The van der Waals surface area contributed by atoms with Gasteiger partial charge in [0.15, 0.2) is 0 Å². The number of benzene rings is 2. The number of nitrogens with one attached hydrogen (secondary N) is 1. The summed E-state index contributed by atoms with van der Waals surface area (Å²) in [5.74, 6) is 0.361. The minimum Gasteiger partial charge on any atom is -0.489 e. The Kier molecular flexibility index (Phi) is 5.46. The molecule has 0 unspecified atom stereocenters. The molecule has 0 radical (unpaired) electrons. The molecule has 5 rings (SSSR count). The maximum atomic E-state index is 12.7. The average Bonchev–Trinajstić information content (AvgIpc) is 2.97. The van der Waals surface area contributed by atoms with Crippen LogP contribution in [0.1, 0.15) is 16.8 Å². The van der Waals surface area contributed by atoms with E-state index in [1.165, 1.54) is 23.9 Å². The molecule has 0 fully saturated rings. The average molecular weight is 453 g/mol. The van der Waals surface area contributed by atoms with E-state index in [4.69, 9.17) is 4.74 Å². The van der Waals surface area contributed by atoms with Crippen molar-refractivity contribution in [3.05, 3.63) is 94.0 Å². The van der Waals surface area contributed by atoms with Crippen LogP contribution in [0.5, 0.6) is 5.75 Å². The highest BCUT2D eigenvalue weighted by molar-refractivity contribution is 5.83. The van der Waals surface area contributed by atoms with Crippen molar-refractivity contribution in [3.63, 3.8) is 0 Å². The summed E-state index contributed by atoms with van der Waals surface area (Å²) in [7, 11) is 0. The highest BCUT2D eigenvalue weighted by Crippen LogP contribution is 2.29. The van der Waals surface area contributed by atoms with Crippen LogP contribution in [0.15, 0.2) is 71.7 Å². The fourth-order valence-corrected chi connectivity index (χ4v) is 4.19. The number of ether oxygens (including phenoxy) is 1. The summed E-state index contributed by atoms with van der Waals surface area (Å²) in [6.45, 7) is 2.88. The molecule has 0 aliphatic carbocycles. The number of hydrogen-bond donors (Lipinski definition) is 1. The minimum atomic E-state index is -4.37. The lowest BCUT2D eigenvalue weighted by atomic mass is 10.1. The molecule has 0 saturated carbocycles. The molecular formula is C25H22F3N3O2. The Balaban J connectivity index is 1.33. The normalized spacial score (nSPS) is 14.2. The first-order valence-corrected chi connectivity index (χ1v) is 10.7. The van der Waals surface area contributed by atoms with E-state index in [-0.39, 0.29) is 12.2 Å². The summed E-state index contributed by atoms with van der Waals surface area (Å²) in [5.41, 5.74) is 2.84. The van der Waals surface area contributed by atoms with Crippen LogP contribution >= 0.6 is 0 Å². The van der Waals surface area contributed by atoms with Crippen molar-refractivity contribution in [2.45, 2.75) is 25.7 Å². The predicted molar refractivity (Wildman–Crippen MR) is 120 cm³/mol. The van der Waals surface area contributed by atoms with Gasteiger partial charge < -0.3 is 14.6 Å². The molecule has 170 valence electrons. The van der Waals surface area contributed by atoms with Gasteiger partial charge in [0, 0.05) is 60.6 Å². The number of nitrogens with zero attached hydrogens (tertiary/aromatic N) is 2. The van der Waals surface area contributed by atoms with Crippen LogP contribution < -0.4 is 15.6 Å². The van der Waals surface area contributed by atoms with Gasteiger partial charge in [-0.25, -0.2) is 0 Å². The number of aromatic nitrogens is 2. The van der Waals surface area contributed by atoms with Gasteiger partial charge in [-0.1, -0.05) is 12.1 Å². The summed E-state index contributed by atoms with van der Waals surface area (Å²) in [6.07, 6.45) is -1.75. The third-order valence-corrected chi connectivity index (χ3v) is 5.90. The van der Waals surface area contributed by atoms with E-state index in [1.807, 2.05) is 18.2 Å². The molecule has 8 heteroatoms. The molecule has 0 bridgehead atoms. The largest absolute Gasteiger partial charge is 0.489 e. The van der Waals surface area contributed by atoms with Crippen molar-refractivity contribution in [2.75, 3.05) is 13.1 Å². The lowest BCUT2D eigenvalue weighted by Gasteiger charge is -2.11. The SMILES string of the molecule is O=c1cc(OCc2ccc(C(F)(F)F)cc2)ccn1-c1ccc2c(c1)cc1n2CCNCC1. The molecule has 5 nitrogen and oxygen atoms in total. The highest BCUT2D eigenvalue weighted by atomic mass is 19.4. The molecule has 0 spiro atoms. The van der Waals surface area contributed by atoms with Crippen LogP contribution in [-0.2, 0) is 25.7 Å².